The summed E-state index contributed by atoms with van der Waals surface area (Å²) in [6.45, 7) is 1.70. The van der Waals surface area contributed by atoms with E-state index < -0.39 is 11.7 Å². The van der Waals surface area contributed by atoms with Crippen LogP contribution in [0.1, 0.15) is 32.0 Å². The zero-order valence-electron chi connectivity index (χ0n) is 20.8. The van der Waals surface area contributed by atoms with Crippen molar-refractivity contribution in [2.75, 3.05) is 32.6 Å². The van der Waals surface area contributed by atoms with Crippen LogP contribution < -0.4 is 10.8 Å². The highest BCUT2D eigenvalue weighted by molar-refractivity contribution is 6.09. The van der Waals surface area contributed by atoms with Crippen molar-refractivity contribution in [1.29, 1.82) is 0 Å². The molecule has 0 atom stereocenters. The zero-order valence-corrected chi connectivity index (χ0v) is 20.8. The first-order valence-electron chi connectivity index (χ1n) is 11.6. The van der Waals surface area contributed by atoms with E-state index in [1.54, 1.807) is 68.3 Å². The number of pyridine rings is 1. The lowest BCUT2D eigenvalue weighted by Gasteiger charge is -2.15. The van der Waals surface area contributed by atoms with Crippen LogP contribution in [0.5, 0.6) is 0 Å². The summed E-state index contributed by atoms with van der Waals surface area (Å²) in [5, 5.41) is 12.7. The Morgan fingerprint density at radius 3 is 2.57 bits per heavy atom. The largest absolute Gasteiger partial charge is 0.394 e. The average Bonchev–Trinajstić information content (AvgIpc) is 3.18. The van der Waals surface area contributed by atoms with Crippen LogP contribution >= 0.6 is 0 Å². The highest BCUT2D eigenvalue weighted by Gasteiger charge is 2.24. The van der Waals surface area contributed by atoms with E-state index >= 15 is 0 Å². The molecule has 2 aromatic carbocycles. The van der Waals surface area contributed by atoms with Crippen LogP contribution in [0.4, 0.5) is 15.8 Å². The van der Waals surface area contributed by atoms with Gasteiger partial charge in [0.15, 0.2) is 0 Å². The second-order valence-electron chi connectivity index (χ2n) is 8.71. The molecule has 0 aliphatic carbocycles. The van der Waals surface area contributed by atoms with Crippen LogP contribution in [0, 0.1) is 12.7 Å². The average molecular weight is 506 g/mol. The molecule has 0 saturated carbocycles. The first kappa shape index (κ1) is 25.8. The van der Waals surface area contributed by atoms with Gasteiger partial charge in [-0.15, -0.1) is 0 Å². The number of hydrogen-bond acceptors (Lipinski definition) is 6. The molecule has 0 bridgehead atoms. The Balaban J connectivity index is 1.81. The summed E-state index contributed by atoms with van der Waals surface area (Å²) < 4.78 is 16.5. The van der Waals surface area contributed by atoms with Crippen molar-refractivity contribution >= 4 is 34.1 Å². The fraction of sp³-hybridized carbons (Fsp3) is 0.222. The van der Waals surface area contributed by atoms with Crippen LogP contribution in [0.25, 0.3) is 10.9 Å². The van der Waals surface area contributed by atoms with Crippen molar-refractivity contribution in [3.8, 4) is 0 Å². The Hall–Kier alpha value is -4.28. The van der Waals surface area contributed by atoms with E-state index in [0.29, 0.717) is 22.2 Å². The Bertz CT molecular complexity index is 1430. The van der Waals surface area contributed by atoms with Gasteiger partial charge in [-0.2, -0.15) is 0 Å². The standard InChI is InChI=1S/C27H28FN5O4/c1-17-4-9-22(21(28)14-17)30-24-20-15-29-11-10-23(20)33(25(24)26(35)31-37-13-12-34)16-18-5-7-19(8-6-18)27(36)32(2)3/h4-11,14-15,30,34H,12-13,16H2,1-3H3,(H,31,35). The van der Waals surface area contributed by atoms with E-state index in [1.165, 1.54) is 11.0 Å². The van der Waals surface area contributed by atoms with E-state index in [9.17, 15) is 14.0 Å². The molecule has 0 saturated heterocycles. The topological polar surface area (TPSA) is 109 Å². The van der Waals surface area contributed by atoms with E-state index in [4.69, 9.17) is 9.94 Å². The summed E-state index contributed by atoms with van der Waals surface area (Å²) in [6.07, 6.45) is 3.21. The third kappa shape index (κ3) is 5.60. The van der Waals surface area contributed by atoms with Gasteiger partial charge in [0.1, 0.15) is 11.5 Å². The van der Waals surface area contributed by atoms with Crippen molar-refractivity contribution in [3.63, 3.8) is 0 Å². The van der Waals surface area contributed by atoms with Crippen molar-refractivity contribution in [2.45, 2.75) is 13.5 Å². The van der Waals surface area contributed by atoms with E-state index in [0.717, 1.165) is 11.1 Å². The first-order valence-corrected chi connectivity index (χ1v) is 11.6. The second-order valence-corrected chi connectivity index (χ2v) is 8.71. The molecule has 2 heterocycles. The number of aliphatic hydroxyl groups is 1. The number of nitrogens with one attached hydrogen (secondary N) is 2. The molecule has 4 aromatic rings. The third-order valence-electron chi connectivity index (χ3n) is 5.77. The molecular weight excluding hydrogens is 477 g/mol. The van der Waals surface area contributed by atoms with Gasteiger partial charge in [-0.05, 0) is 48.4 Å². The monoisotopic (exact) mass is 505 g/mol. The molecule has 192 valence electrons. The summed E-state index contributed by atoms with van der Waals surface area (Å²) in [5.74, 6) is -1.16. The highest BCUT2D eigenvalue weighted by atomic mass is 19.1. The number of aryl methyl sites for hydroxylation is 1. The molecule has 0 unspecified atom stereocenters. The molecule has 2 aromatic heterocycles. The quantitative estimate of drug-likeness (QED) is 0.237. The number of carbonyl (C=O) groups excluding carboxylic acids is 2. The molecule has 0 aliphatic heterocycles. The Labute approximate surface area is 213 Å². The van der Waals surface area contributed by atoms with Gasteiger partial charge in [0.05, 0.1) is 30.1 Å². The summed E-state index contributed by atoms with van der Waals surface area (Å²) >= 11 is 0. The van der Waals surface area contributed by atoms with Gasteiger partial charge in [0.2, 0.25) is 0 Å². The van der Waals surface area contributed by atoms with E-state index in [1.807, 2.05) is 12.1 Å². The summed E-state index contributed by atoms with van der Waals surface area (Å²) in [6, 6.07) is 13.6. The molecule has 10 heteroatoms. The predicted molar refractivity (Wildman–Crippen MR) is 138 cm³/mol. The minimum atomic E-state index is -0.584. The van der Waals surface area contributed by atoms with Gasteiger partial charge in [0, 0.05) is 44.0 Å². The maximum atomic E-state index is 14.8. The lowest BCUT2D eigenvalue weighted by Crippen LogP contribution is -2.28. The second kappa shape index (κ2) is 11.2. The van der Waals surface area contributed by atoms with Gasteiger partial charge in [-0.1, -0.05) is 18.2 Å². The smallest absolute Gasteiger partial charge is 0.293 e. The number of aromatic nitrogens is 2. The Kier molecular flexibility index (Phi) is 7.80. The Morgan fingerprint density at radius 1 is 1.14 bits per heavy atom. The number of hydroxylamine groups is 1. The molecule has 4 rings (SSSR count). The van der Waals surface area contributed by atoms with Gasteiger partial charge >= 0.3 is 0 Å². The normalized spacial score (nSPS) is 10.9. The summed E-state index contributed by atoms with van der Waals surface area (Å²) in [5.41, 5.74) is 5.92. The molecule has 0 fully saturated rings. The Morgan fingerprint density at radius 2 is 1.89 bits per heavy atom. The van der Waals surface area contributed by atoms with Crippen LogP contribution in [0.2, 0.25) is 0 Å². The number of rotatable bonds is 9. The van der Waals surface area contributed by atoms with Gasteiger partial charge in [0.25, 0.3) is 11.8 Å². The molecule has 9 nitrogen and oxygen atoms in total. The molecule has 37 heavy (non-hydrogen) atoms. The summed E-state index contributed by atoms with van der Waals surface area (Å²) in [4.78, 5) is 36.4. The first-order chi connectivity index (χ1) is 17.8. The maximum absolute atomic E-state index is 14.8. The third-order valence-corrected chi connectivity index (χ3v) is 5.77. The lowest BCUT2D eigenvalue weighted by atomic mass is 10.1. The van der Waals surface area contributed by atoms with Crippen molar-refractivity contribution in [3.05, 3.63) is 89.1 Å². The van der Waals surface area contributed by atoms with Crippen LogP contribution in [-0.2, 0) is 11.4 Å². The number of carbonyl (C=O) groups is 2. The number of anilines is 2. The van der Waals surface area contributed by atoms with Crippen molar-refractivity contribution in [2.24, 2.45) is 0 Å². The molecular formula is C27H28FN5O4. The van der Waals surface area contributed by atoms with Crippen LogP contribution in [0.3, 0.4) is 0 Å². The highest BCUT2D eigenvalue weighted by Crippen LogP contribution is 2.34. The lowest BCUT2D eigenvalue weighted by molar-refractivity contribution is 0.0163. The number of aliphatic hydroxyl groups excluding tert-OH is 1. The fourth-order valence-corrected chi connectivity index (χ4v) is 3.99. The van der Waals surface area contributed by atoms with Crippen LogP contribution in [0.15, 0.2) is 60.9 Å². The van der Waals surface area contributed by atoms with E-state index in [-0.39, 0.29) is 37.0 Å². The van der Waals surface area contributed by atoms with Gasteiger partial charge in [-0.3, -0.25) is 19.4 Å². The number of nitrogens with zero attached hydrogens (tertiary/aromatic N) is 3. The van der Waals surface area contributed by atoms with Gasteiger partial charge in [-0.25, -0.2) is 9.87 Å². The SMILES string of the molecule is Cc1ccc(Nc2c(C(=O)NOCCO)n(Cc3ccc(C(=O)N(C)C)cc3)c3ccncc23)c(F)c1. The zero-order chi connectivity index (χ0) is 26.5. The van der Waals surface area contributed by atoms with Crippen molar-refractivity contribution < 1.29 is 23.9 Å². The molecule has 2 amide bonds. The fourth-order valence-electron chi connectivity index (χ4n) is 3.99. The minimum Gasteiger partial charge on any atom is -0.394 e. The van der Waals surface area contributed by atoms with E-state index in [2.05, 4.69) is 15.8 Å². The molecule has 0 aliphatic rings. The summed E-state index contributed by atoms with van der Waals surface area (Å²) in [7, 11) is 3.37. The number of benzene rings is 2. The number of hydrogen-bond donors (Lipinski definition) is 3. The predicted octanol–water partition coefficient (Wildman–Crippen LogP) is 3.63. The van der Waals surface area contributed by atoms with Gasteiger partial charge < -0.3 is 19.9 Å². The maximum Gasteiger partial charge on any atom is 0.293 e. The number of halogens is 1. The van der Waals surface area contributed by atoms with Crippen LogP contribution in [-0.4, -0.2) is 58.7 Å². The minimum absolute atomic E-state index is 0.0930. The molecule has 3 N–H and O–H groups in total. The molecule has 0 spiro atoms. The number of amides is 2. The number of fused-ring (bicyclic) bond motifs is 1. The molecule has 0 radical (unpaired) electrons. The van der Waals surface area contributed by atoms with Crippen molar-refractivity contribution in [1.82, 2.24) is 19.9 Å².